The summed E-state index contributed by atoms with van der Waals surface area (Å²) in [5.74, 6) is 0.104. The normalized spacial score (nSPS) is 10.4. The van der Waals surface area contributed by atoms with E-state index in [2.05, 4.69) is 15.8 Å². The van der Waals surface area contributed by atoms with Crippen molar-refractivity contribution in [3.05, 3.63) is 65.2 Å². The van der Waals surface area contributed by atoms with Crippen molar-refractivity contribution in [3.63, 3.8) is 0 Å². The van der Waals surface area contributed by atoms with Crippen molar-refractivity contribution in [1.29, 1.82) is 0 Å². The van der Waals surface area contributed by atoms with Crippen molar-refractivity contribution in [2.75, 3.05) is 6.54 Å². The number of hydrogen-bond donors (Lipinski definition) is 2. The molecule has 0 spiro atoms. The van der Waals surface area contributed by atoms with Crippen molar-refractivity contribution < 1.29 is 9.53 Å². The van der Waals surface area contributed by atoms with Gasteiger partial charge in [0.05, 0.1) is 11.8 Å². The molecular formula is C18H19N3O2S. The molecule has 6 heteroatoms. The Morgan fingerprint density at radius 3 is 2.67 bits per heavy atom. The van der Waals surface area contributed by atoms with Crippen LogP contribution in [0.4, 0.5) is 0 Å². The Labute approximate surface area is 146 Å². The maximum atomic E-state index is 12.1. The van der Waals surface area contributed by atoms with Crippen LogP contribution in [0.5, 0.6) is 5.75 Å². The lowest BCUT2D eigenvalue weighted by Gasteiger charge is -2.05. The topological polar surface area (TPSA) is 62.7 Å². The summed E-state index contributed by atoms with van der Waals surface area (Å²) in [5, 5.41) is 7.42. The monoisotopic (exact) mass is 341 g/mol. The summed E-state index contributed by atoms with van der Waals surface area (Å²) in [4.78, 5) is 12.1. The Balaban J connectivity index is 1.93. The van der Waals surface area contributed by atoms with E-state index in [9.17, 15) is 4.79 Å². The zero-order valence-corrected chi connectivity index (χ0v) is 14.4. The molecule has 2 aromatic carbocycles. The molecule has 0 amide bonds. The van der Waals surface area contributed by atoms with E-state index in [1.807, 2.05) is 26.0 Å². The summed E-state index contributed by atoms with van der Waals surface area (Å²) >= 11 is 5.00. The molecule has 0 aliphatic heterocycles. The van der Waals surface area contributed by atoms with Crippen molar-refractivity contribution in [3.8, 4) is 5.75 Å². The smallest absolute Gasteiger partial charge is 0.343 e. The van der Waals surface area contributed by atoms with Gasteiger partial charge in [-0.2, -0.15) is 5.10 Å². The maximum absolute atomic E-state index is 12.1. The first-order valence-corrected chi connectivity index (χ1v) is 7.95. The number of carbonyl (C=O) groups is 1. The van der Waals surface area contributed by atoms with Gasteiger partial charge in [0.2, 0.25) is 0 Å². The number of ether oxygens (including phenoxy) is 1. The van der Waals surface area contributed by atoms with Crippen LogP contribution in [0.25, 0.3) is 0 Å². The van der Waals surface area contributed by atoms with Gasteiger partial charge in [-0.25, -0.2) is 4.79 Å². The molecule has 0 aromatic heterocycles. The van der Waals surface area contributed by atoms with Crippen LogP contribution in [0, 0.1) is 6.92 Å². The molecule has 0 aliphatic carbocycles. The number of hydrazone groups is 1. The van der Waals surface area contributed by atoms with Crippen molar-refractivity contribution in [1.82, 2.24) is 10.7 Å². The minimum Gasteiger partial charge on any atom is -0.423 e. The lowest BCUT2D eigenvalue weighted by atomic mass is 10.1. The minimum absolute atomic E-state index is 0.377. The first-order chi connectivity index (χ1) is 11.6. The number of thiocarbonyl (C=S) groups is 1. The van der Waals surface area contributed by atoms with E-state index in [0.29, 0.717) is 16.4 Å². The van der Waals surface area contributed by atoms with Gasteiger partial charge in [0.25, 0.3) is 0 Å². The maximum Gasteiger partial charge on any atom is 0.343 e. The van der Waals surface area contributed by atoms with E-state index in [-0.39, 0.29) is 5.97 Å². The molecule has 0 saturated heterocycles. The van der Waals surface area contributed by atoms with Crippen LogP contribution in [0.2, 0.25) is 0 Å². The fourth-order valence-electron chi connectivity index (χ4n) is 1.93. The second-order valence-electron chi connectivity index (χ2n) is 5.06. The van der Waals surface area contributed by atoms with Crippen LogP contribution < -0.4 is 15.5 Å². The fourth-order valence-corrected chi connectivity index (χ4v) is 2.12. The third kappa shape index (κ3) is 5.48. The summed E-state index contributed by atoms with van der Waals surface area (Å²) in [5.41, 5.74) is 5.11. The fraction of sp³-hybridized carbons (Fsp3) is 0.167. The number of nitrogens with zero attached hydrogens (tertiary/aromatic N) is 1. The molecule has 0 atom stereocenters. The summed E-state index contributed by atoms with van der Waals surface area (Å²) in [6, 6.07) is 14.3. The van der Waals surface area contributed by atoms with Gasteiger partial charge in [-0.15, -0.1) is 0 Å². The van der Waals surface area contributed by atoms with Crippen LogP contribution >= 0.6 is 12.2 Å². The average Bonchev–Trinajstić information content (AvgIpc) is 2.57. The van der Waals surface area contributed by atoms with Gasteiger partial charge in [-0.05, 0) is 68.0 Å². The second kappa shape index (κ2) is 8.79. The zero-order chi connectivity index (χ0) is 17.4. The highest BCUT2D eigenvalue weighted by Crippen LogP contribution is 2.14. The van der Waals surface area contributed by atoms with Crippen molar-refractivity contribution in [2.24, 2.45) is 5.10 Å². The number of carbonyl (C=O) groups excluding carboxylic acids is 1. The third-order valence-electron chi connectivity index (χ3n) is 3.06. The van der Waals surface area contributed by atoms with Crippen molar-refractivity contribution in [2.45, 2.75) is 13.8 Å². The SMILES string of the molecule is CCNC(=S)NN=Cc1ccc(OC(=O)c2cccc(C)c2)cc1. The van der Waals surface area contributed by atoms with Crippen molar-refractivity contribution >= 4 is 29.5 Å². The molecule has 0 fully saturated rings. The van der Waals surface area contributed by atoms with Gasteiger partial charge in [-0.1, -0.05) is 17.7 Å². The van der Waals surface area contributed by atoms with Crippen LogP contribution in [0.15, 0.2) is 53.6 Å². The van der Waals surface area contributed by atoms with Crippen LogP contribution in [-0.4, -0.2) is 23.8 Å². The summed E-state index contributed by atoms with van der Waals surface area (Å²) in [7, 11) is 0. The van der Waals surface area contributed by atoms with E-state index in [4.69, 9.17) is 17.0 Å². The molecule has 0 radical (unpaired) electrons. The number of rotatable bonds is 5. The van der Waals surface area contributed by atoms with Gasteiger partial charge in [0.1, 0.15) is 5.75 Å². The third-order valence-corrected chi connectivity index (χ3v) is 3.30. The predicted octanol–water partition coefficient (Wildman–Crippen LogP) is 3.03. The first-order valence-electron chi connectivity index (χ1n) is 7.54. The highest BCUT2D eigenvalue weighted by Gasteiger charge is 2.08. The molecule has 24 heavy (non-hydrogen) atoms. The van der Waals surface area contributed by atoms with E-state index < -0.39 is 0 Å². The lowest BCUT2D eigenvalue weighted by molar-refractivity contribution is 0.0734. The molecule has 2 rings (SSSR count). The van der Waals surface area contributed by atoms with Crippen LogP contribution in [-0.2, 0) is 0 Å². The number of hydrogen-bond acceptors (Lipinski definition) is 4. The quantitative estimate of drug-likeness (QED) is 0.288. The Morgan fingerprint density at radius 2 is 2.00 bits per heavy atom. The van der Waals surface area contributed by atoms with Gasteiger partial charge in [0, 0.05) is 6.54 Å². The van der Waals surface area contributed by atoms with Crippen LogP contribution in [0.3, 0.4) is 0 Å². The zero-order valence-electron chi connectivity index (χ0n) is 13.6. The lowest BCUT2D eigenvalue weighted by Crippen LogP contribution is -2.31. The first kappa shape index (κ1) is 17.6. The standard InChI is InChI=1S/C18H19N3O2S/c1-3-19-18(24)21-20-12-14-7-9-16(10-8-14)23-17(22)15-6-4-5-13(2)11-15/h4-12H,3H2,1-2H3,(H2,19,21,24). The van der Waals surface area contributed by atoms with Gasteiger partial charge in [-0.3, -0.25) is 5.43 Å². The molecule has 0 bridgehead atoms. The second-order valence-corrected chi connectivity index (χ2v) is 5.47. The van der Waals surface area contributed by atoms with Crippen LogP contribution in [0.1, 0.15) is 28.4 Å². The summed E-state index contributed by atoms with van der Waals surface area (Å²) in [6.07, 6.45) is 1.63. The molecule has 0 saturated carbocycles. The van der Waals surface area contributed by atoms with E-state index in [1.165, 1.54) is 0 Å². The summed E-state index contributed by atoms with van der Waals surface area (Å²) < 4.78 is 5.36. The highest BCUT2D eigenvalue weighted by molar-refractivity contribution is 7.80. The Morgan fingerprint density at radius 1 is 1.25 bits per heavy atom. The molecule has 5 nitrogen and oxygen atoms in total. The Kier molecular flexibility index (Phi) is 6.45. The largest absolute Gasteiger partial charge is 0.423 e. The molecule has 2 aromatic rings. The minimum atomic E-state index is -0.377. The molecular weight excluding hydrogens is 322 g/mol. The molecule has 124 valence electrons. The average molecular weight is 341 g/mol. The van der Waals surface area contributed by atoms with Gasteiger partial charge >= 0.3 is 5.97 Å². The molecule has 0 unspecified atom stereocenters. The number of aryl methyl sites for hydroxylation is 1. The Hall–Kier alpha value is -2.73. The van der Waals surface area contributed by atoms with Gasteiger partial charge in [0.15, 0.2) is 5.11 Å². The van der Waals surface area contributed by atoms with E-state index in [0.717, 1.165) is 17.7 Å². The Bertz CT molecular complexity index is 742. The number of benzene rings is 2. The summed E-state index contributed by atoms with van der Waals surface area (Å²) in [6.45, 7) is 4.62. The van der Waals surface area contributed by atoms with E-state index >= 15 is 0 Å². The molecule has 0 aliphatic rings. The molecule has 0 heterocycles. The van der Waals surface area contributed by atoms with E-state index in [1.54, 1.807) is 42.6 Å². The predicted molar refractivity (Wildman–Crippen MR) is 99.6 cm³/mol. The molecule has 2 N–H and O–H groups in total. The van der Waals surface area contributed by atoms with Gasteiger partial charge < -0.3 is 10.1 Å². The number of nitrogens with one attached hydrogen (secondary N) is 2. The highest BCUT2D eigenvalue weighted by atomic mass is 32.1. The number of esters is 1.